The molecule has 1 aromatic rings. The number of carbonyl (C=O) groups is 2. The van der Waals surface area contributed by atoms with E-state index in [2.05, 4.69) is 10.1 Å². The van der Waals surface area contributed by atoms with Crippen LogP contribution in [0.15, 0.2) is 18.2 Å². The zero-order chi connectivity index (χ0) is 23.3. The van der Waals surface area contributed by atoms with Gasteiger partial charge in [-0.1, -0.05) is 6.42 Å². The highest BCUT2D eigenvalue weighted by atomic mass is 19.3. The van der Waals surface area contributed by atoms with Gasteiger partial charge in [-0.25, -0.2) is 8.78 Å². The van der Waals surface area contributed by atoms with E-state index in [0.717, 1.165) is 6.42 Å². The van der Waals surface area contributed by atoms with Crippen LogP contribution >= 0.6 is 0 Å². The normalized spacial score (nSPS) is 18.2. The quantitative estimate of drug-likeness (QED) is 0.517. The average molecular weight is 462 g/mol. The molecule has 1 aromatic carbocycles. The van der Waals surface area contributed by atoms with Crippen molar-refractivity contribution in [1.82, 2.24) is 4.90 Å². The molecule has 0 aromatic heterocycles. The van der Waals surface area contributed by atoms with E-state index in [0.29, 0.717) is 18.5 Å². The molecule has 178 valence electrons. The van der Waals surface area contributed by atoms with E-state index < -0.39 is 31.5 Å². The van der Waals surface area contributed by atoms with Gasteiger partial charge in [0.2, 0.25) is 5.91 Å². The molecule has 3 N–H and O–H groups in total. The number of benzene rings is 1. The largest absolute Gasteiger partial charge is 0.433 e. The molecule has 0 bridgehead atoms. The third-order valence-corrected chi connectivity index (χ3v) is 5.56. The molecule has 0 unspecified atom stereocenters. The van der Waals surface area contributed by atoms with Gasteiger partial charge in [0.05, 0.1) is 18.8 Å². The third-order valence-electron chi connectivity index (χ3n) is 5.56. The van der Waals surface area contributed by atoms with Crippen LogP contribution in [-0.2, 0) is 14.3 Å². The monoisotopic (exact) mass is 462 g/mol. The van der Waals surface area contributed by atoms with Crippen molar-refractivity contribution >= 4 is 23.2 Å². The number of alkyl halides is 4. The summed E-state index contributed by atoms with van der Waals surface area (Å²) in [6.45, 7) is -3.63. The van der Waals surface area contributed by atoms with Crippen molar-refractivity contribution in [2.45, 2.75) is 44.4 Å². The lowest BCUT2D eigenvalue weighted by Gasteiger charge is -2.41. The number of carbonyl (C=O) groups excluding carboxylic acids is 2. The van der Waals surface area contributed by atoms with E-state index in [1.807, 2.05) is 0 Å². The van der Waals surface area contributed by atoms with Crippen molar-refractivity contribution in [3.8, 4) is 5.75 Å². The lowest BCUT2D eigenvalue weighted by molar-refractivity contribution is -0.126. The minimum Gasteiger partial charge on any atom is -0.433 e. The van der Waals surface area contributed by atoms with Crippen molar-refractivity contribution in [3.05, 3.63) is 18.2 Å². The number of nitrogens with zero attached hydrogens (tertiary/aromatic N) is 2. The highest BCUT2D eigenvalue weighted by Crippen LogP contribution is 2.33. The van der Waals surface area contributed by atoms with Crippen LogP contribution < -0.4 is 20.7 Å². The van der Waals surface area contributed by atoms with Gasteiger partial charge in [-0.2, -0.15) is 8.78 Å². The molecule has 0 radical (unpaired) electrons. The highest BCUT2D eigenvalue weighted by Gasteiger charge is 2.35. The molecule has 3 rings (SSSR count). The lowest BCUT2D eigenvalue weighted by atomic mass is 9.90. The van der Waals surface area contributed by atoms with Gasteiger partial charge < -0.3 is 25.4 Å². The number of ether oxygens (including phenoxy) is 2. The summed E-state index contributed by atoms with van der Waals surface area (Å²) in [7, 11) is 0. The molecular formula is C20H26F4N4O4. The average Bonchev–Trinajstić information content (AvgIpc) is 2.68. The SMILES string of the molecule is NC[C@@H](C(=O)Nc1ccc(N2CCOCC2=O)cc1OC(F)F)N(CC(F)F)C1CCC1. The van der Waals surface area contributed by atoms with Crippen LogP contribution in [0, 0.1) is 0 Å². The molecule has 1 saturated carbocycles. The van der Waals surface area contributed by atoms with Crippen molar-refractivity contribution in [1.29, 1.82) is 0 Å². The molecule has 1 aliphatic heterocycles. The van der Waals surface area contributed by atoms with Crippen LogP contribution in [0.4, 0.5) is 28.9 Å². The molecule has 2 aliphatic rings. The smallest absolute Gasteiger partial charge is 0.387 e. The standard InChI is InChI=1S/C20H26F4N4O4/c21-17(22)10-28(12-2-1-3-12)15(9-25)19(30)26-14-5-4-13(8-16(14)32-20(23)24)27-6-7-31-11-18(27)29/h4-5,8,12,15,17,20H,1-3,6-7,9-11,25H2,(H,26,30)/t15-/m0/s1. The lowest BCUT2D eigenvalue weighted by Crippen LogP contribution is -2.56. The Morgan fingerprint density at radius 2 is 2.06 bits per heavy atom. The van der Waals surface area contributed by atoms with Gasteiger partial charge in [-0.05, 0) is 25.0 Å². The van der Waals surface area contributed by atoms with Crippen LogP contribution in [0.5, 0.6) is 5.75 Å². The van der Waals surface area contributed by atoms with Gasteiger partial charge in [0.25, 0.3) is 12.3 Å². The van der Waals surface area contributed by atoms with E-state index in [1.54, 1.807) is 0 Å². The zero-order valence-corrected chi connectivity index (χ0v) is 17.3. The number of anilines is 2. The van der Waals surface area contributed by atoms with Crippen LogP contribution in [0.3, 0.4) is 0 Å². The molecule has 1 atom stereocenters. The summed E-state index contributed by atoms with van der Waals surface area (Å²) in [6.07, 6.45) is -0.422. The van der Waals surface area contributed by atoms with Crippen LogP contribution in [0.25, 0.3) is 0 Å². The summed E-state index contributed by atoms with van der Waals surface area (Å²) in [5.74, 6) is -1.40. The van der Waals surface area contributed by atoms with Crippen LogP contribution in [0.2, 0.25) is 0 Å². The van der Waals surface area contributed by atoms with Gasteiger partial charge in [-0.15, -0.1) is 0 Å². The number of rotatable bonds is 10. The number of amides is 2. The topological polar surface area (TPSA) is 97.1 Å². The van der Waals surface area contributed by atoms with Gasteiger partial charge >= 0.3 is 6.61 Å². The molecule has 8 nitrogen and oxygen atoms in total. The van der Waals surface area contributed by atoms with Crippen molar-refractivity contribution in [3.63, 3.8) is 0 Å². The number of nitrogens with one attached hydrogen (secondary N) is 1. The second-order valence-corrected chi connectivity index (χ2v) is 7.57. The van der Waals surface area contributed by atoms with Gasteiger partial charge in [-0.3, -0.25) is 14.5 Å². The summed E-state index contributed by atoms with van der Waals surface area (Å²) in [6, 6.07) is 2.76. The Morgan fingerprint density at radius 3 is 2.62 bits per heavy atom. The van der Waals surface area contributed by atoms with Gasteiger partial charge in [0.15, 0.2) is 5.75 Å². The number of morpholine rings is 1. The maximum absolute atomic E-state index is 13.1. The molecule has 1 heterocycles. The van der Waals surface area contributed by atoms with Gasteiger partial charge in [0.1, 0.15) is 12.6 Å². The van der Waals surface area contributed by atoms with E-state index >= 15 is 0 Å². The molecule has 2 fully saturated rings. The fourth-order valence-electron chi connectivity index (χ4n) is 3.78. The summed E-state index contributed by atoms with van der Waals surface area (Å²) >= 11 is 0. The van der Waals surface area contributed by atoms with E-state index in [-0.39, 0.29) is 49.7 Å². The first-order valence-corrected chi connectivity index (χ1v) is 10.3. The predicted octanol–water partition coefficient (Wildman–Crippen LogP) is 2.04. The highest BCUT2D eigenvalue weighted by molar-refractivity contribution is 5.98. The van der Waals surface area contributed by atoms with Crippen LogP contribution in [-0.4, -0.2) is 74.7 Å². The molecule has 1 aliphatic carbocycles. The Bertz CT molecular complexity index is 810. The summed E-state index contributed by atoms with van der Waals surface area (Å²) < 4.78 is 61.8. The molecule has 2 amide bonds. The minimum absolute atomic E-state index is 0.0798. The maximum Gasteiger partial charge on any atom is 0.387 e. The van der Waals surface area contributed by atoms with Gasteiger partial charge in [0, 0.05) is 30.9 Å². The summed E-state index contributed by atoms with van der Waals surface area (Å²) in [4.78, 5) is 27.7. The second-order valence-electron chi connectivity index (χ2n) is 7.57. The van der Waals surface area contributed by atoms with Crippen molar-refractivity contribution in [2.75, 3.05) is 43.1 Å². The Balaban J connectivity index is 1.81. The third kappa shape index (κ3) is 5.87. The number of hydrogen-bond acceptors (Lipinski definition) is 6. The van der Waals surface area contributed by atoms with Crippen molar-refractivity contribution < 1.29 is 36.6 Å². The Morgan fingerprint density at radius 1 is 1.31 bits per heavy atom. The molecule has 12 heteroatoms. The Hall–Kier alpha value is -2.44. The number of nitrogens with two attached hydrogens (primary N) is 1. The van der Waals surface area contributed by atoms with E-state index in [4.69, 9.17) is 10.5 Å². The molecule has 32 heavy (non-hydrogen) atoms. The van der Waals surface area contributed by atoms with Crippen molar-refractivity contribution in [2.24, 2.45) is 5.73 Å². The zero-order valence-electron chi connectivity index (χ0n) is 17.3. The fourth-order valence-corrected chi connectivity index (χ4v) is 3.78. The predicted molar refractivity (Wildman–Crippen MR) is 108 cm³/mol. The first-order valence-electron chi connectivity index (χ1n) is 10.3. The molecule has 0 spiro atoms. The number of halogens is 4. The molecule has 1 saturated heterocycles. The summed E-state index contributed by atoms with van der Waals surface area (Å²) in [5, 5.41) is 2.47. The second kappa shape index (κ2) is 10.9. The fraction of sp³-hybridized carbons (Fsp3) is 0.600. The Labute approximate surface area is 182 Å². The maximum atomic E-state index is 13.1. The van der Waals surface area contributed by atoms with Crippen LogP contribution in [0.1, 0.15) is 19.3 Å². The first kappa shape index (κ1) is 24.2. The number of hydrogen-bond donors (Lipinski definition) is 2. The molecular weight excluding hydrogens is 436 g/mol. The van der Waals surface area contributed by atoms with E-state index in [9.17, 15) is 27.2 Å². The van der Waals surface area contributed by atoms with E-state index in [1.165, 1.54) is 28.0 Å². The minimum atomic E-state index is -3.18. The first-order chi connectivity index (χ1) is 15.3. The summed E-state index contributed by atoms with van der Waals surface area (Å²) in [5.41, 5.74) is 5.94. The Kier molecular flexibility index (Phi) is 8.26.